The molecule has 0 bridgehead atoms. The van der Waals surface area contributed by atoms with Gasteiger partial charge in [0.15, 0.2) is 5.65 Å². The van der Waals surface area contributed by atoms with Crippen molar-refractivity contribution in [2.24, 2.45) is 0 Å². The lowest BCUT2D eigenvalue weighted by atomic mass is 10.3. The number of hydrogen-bond donors (Lipinski definition) is 2. The molecule has 3 aromatic rings. The molecule has 0 fully saturated rings. The predicted octanol–water partition coefficient (Wildman–Crippen LogP) is 1.33. The number of H-pyrrole nitrogens is 1. The van der Waals surface area contributed by atoms with Gasteiger partial charge in [0.2, 0.25) is 0 Å². The largest absolute Gasteiger partial charge is 0.384 e. The Labute approximate surface area is 94.2 Å². The summed E-state index contributed by atoms with van der Waals surface area (Å²) in [6.45, 7) is 0. The number of aromatic amines is 1. The molecule has 6 heteroatoms. The van der Waals surface area contributed by atoms with Crippen LogP contribution in [0.3, 0.4) is 0 Å². The first-order chi connectivity index (χ1) is 7.74. The Bertz CT molecular complexity index is 695. The summed E-state index contributed by atoms with van der Waals surface area (Å²) in [5, 5.41) is 4.67. The van der Waals surface area contributed by atoms with E-state index in [1.54, 1.807) is 17.4 Å². The van der Waals surface area contributed by atoms with E-state index >= 15 is 0 Å². The first-order valence-electron chi connectivity index (χ1n) is 4.66. The van der Waals surface area contributed by atoms with Crippen LogP contribution in [0.15, 0.2) is 34.4 Å². The second-order valence-electron chi connectivity index (χ2n) is 3.36. The summed E-state index contributed by atoms with van der Waals surface area (Å²) in [5.41, 5.74) is 6.63. The average Bonchev–Trinajstić information content (AvgIpc) is 2.84. The molecule has 0 atom stereocenters. The molecule has 0 aliphatic rings. The summed E-state index contributed by atoms with van der Waals surface area (Å²) in [4.78, 5) is 17.1. The quantitative estimate of drug-likeness (QED) is 0.664. The maximum Gasteiger partial charge on any atom is 0.273 e. The van der Waals surface area contributed by atoms with E-state index in [1.165, 1.54) is 10.6 Å². The van der Waals surface area contributed by atoms with Crippen LogP contribution in [-0.2, 0) is 0 Å². The zero-order valence-electron chi connectivity index (χ0n) is 8.18. The van der Waals surface area contributed by atoms with Crippen molar-refractivity contribution in [1.82, 2.24) is 14.6 Å². The van der Waals surface area contributed by atoms with Gasteiger partial charge in [0, 0.05) is 12.1 Å². The van der Waals surface area contributed by atoms with Crippen LogP contribution in [0, 0.1) is 0 Å². The van der Waals surface area contributed by atoms with Gasteiger partial charge in [0.25, 0.3) is 5.56 Å². The molecular formula is C10H8N4OS. The molecule has 3 aromatic heterocycles. The van der Waals surface area contributed by atoms with Gasteiger partial charge in [0.05, 0.1) is 10.6 Å². The third-order valence-corrected chi connectivity index (χ3v) is 3.14. The molecule has 3 N–H and O–H groups in total. The first kappa shape index (κ1) is 9.17. The number of fused-ring (bicyclic) bond motifs is 1. The van der Waals surface area contributed by atoms with Crippen molar-refractivity contribution in [1.29, 1.82) is 0 Å². The monoisotopic (exact) mass is 232 g/mol. The zero-order chi connectivity index (χ0) is 11.1. The molecule has 0 radical (unpaired) electrons. The van der Waals surface area contributed by atoms with E-state index in [1.807, 2.05) is 17.5 Å². The fraction of sp³-hybridized carbons (Fsp3) is 0. The molecule has 16 heavy (non-hydrogen) atoms. The minimum absolute atomic E-state index is 0.162. The Morgan fingerprint density at radius 2 is 2.31 bits per heavy atom. The van der Waals surface area contributed by atoms with Gasteiger partial charge >= 0.3 is 0 Å². The van der Waals surface area contributed by atoms with Gasteiger partial charge < -0.3 is 5.73 Å². The topological polar surface area (TPSA) is 76.2 Å². The van der Waals surface area contributed by atoms with Crippen LogP contribution < -0.4 is 11.3 Å². The first-order valence-corrected chi connectivity index (χ1v) is 5.54. The lowest BCUT2D eigenvalue weighted by Crippen LogP contribution is -2.14. The summed E-state index contributed by atoms with van der Waals surface area (Å²) in [5.74, 6) is 0.424. The van der Waals surface area contributed by atoms with E-state index in [4.69, 9.17) is 5.73 Å². The van der Waals surface area contributed by atoms with Crippen LogP contribution in [-0.4, -0.2) is 14.6 Å². The second kappa shape index (κ2) is 3.21. The van der Waals surface area contributed by atoms with Crippen molar-refractivity contribution in [3.05, 3.63) is 40.0 Å². The standard InChI is InChI=1S/C10H8N4OS/c11-8-5-9-12-6(7-2-1-3-16-7)4-10(15)14(9)13-8/h1-5,13H,11H2. The molecule has 0 aromatic carbocycles. The van der Waals surface area contributed by atoms with Gasteiger partial charge in [-0.25, -0.2) is 4.98 Å². The number of hydrogen-bond acceptors (Lipinski definition) is 4. The third-order valence-electron chi connectivity index (χ3n) is 2.24. The molecule has 0 unspecified atom stereocenters. The number of nitrogen functional groups attached to an aromatic ring is 1. The molecule has 0 amide bonds. The van der Waals surface area contributed by atoms with Gasteiger partial charge in [-0.05, 0) is 11.4 Å². The Morgan fingerprint density at radius 1 is 1.44 bits per heavy atom. The number of nitrogens with one attached hydrogen (secondary N) is 1. The van der Waals surface area contributed by atoms with Gasteiger partial charge in [0.1, 0.15) is 5.82 Å². The maximum atomic E-state index is 11.7. The van der Waals surface area contributed by atoms with E-state index in [-0.39, 0.29) is 5.56 Å². The van der Waals surface area contributed by atoms with Crippen LogP contribution in [0.4, 0.5) is 5.82 Å². The van der Waals surface area contributed by atoms with Crippen LogP contribution in [0.2, 0.25) is 0 Å². The summed E-state index contributed by atoms with van der Waals surface area (Å²) >= 11 is 1.55. The van der Waals surface area contributed by atoms with Gasteiger partial charge in [-0.1, -0.05) is 6.07 Å². The SMILES string of the molecule is Nc1cc2nc(-c3cccs3)cc(=O)n2[nH]1. The van der Waals surface area contributed by atoms with Crippen molar-refractivity contribution in [3.8, 4) is 10.6 Å². The van der Waals surface area contributed by atoms with Gasteiger partial charge in [-0.2, -0.15) is 4.52 Å². The van der Waals surface area contributed by atoms with E-state index in [2.05, 4.69) is 10.1 Å². The summed E-state index contributed by atoms with van der Waals surface area (Å²) in [7, 11) is 0. The lowest BCUT2D eigenvalue weighted by Gasteiger charge is -1.96. The molecule has 0 aliphatic heterocycles. The molecule has 0 saturated carbocycles. The highest BCUT2D eigenvalue weighted by Gasteiger charge is 2.06. The fourth-order valence-corrected chi connectivity index (χ4v) is 2.25. The van der Waals surface area contributed by atoms with Crippen molar-refractivity contribution in [2.45, 2.75) is 0 Å². The highest BCUT2D eigenvalue weighted by atomic mass is 32.1. The molecule has 0 saturated heterocycles. The normalized spacial score (nSPS) is 11.0. The van der Waals surface area contributed by atoms with Gasteiger partial charge in [-0.15, -0.1) is 11.3 Å². The summed E-state index contributed by atoms with van der Waals surface area (Å²) < 4.78 is 1.33. The number of rotatable bonds is 1. The number of aromatic nitrogens is 3. The molecule has 3 rings (SSSR count). The highest BCUT2D eigenvalue weighted by molar-refractivity contribution is 7.13. The van der Waals surface area contributed by atoms with Crippen molar-refractivity contribution >= 4 is 22.8 Å². The lowest BCUT2D eigenvalue weighted by molar-refractivity contribution is 0.907. The fourth-order valence-electron chi connectivity index (χ4n) is 1.56. The Balaban J connectivity index is 2.33. The zero-order valence-corrected chi connectivity index (χ0v) is 8.99. The van der Waals surface area contributed by atoms with Crippen molar-refractivity contribution in [2.75, 3.05) is 5.73 Å². The highest BCUT2D eigenvalue weighted by Crippen LogP contribution is 2.21. The molecule has 5 nitrogen and oxygen atoms in total. The van der Waals surface area contributed by atoms with Crippen LogP contribution in [0.5, 0.6) is 0 Å². The number of nitrogens with zero attached hydrogens (tertiary/aromatic N) is 2. The van der Waals surface area contributed by atoms with Crippen LogP contribution in [0.25, 0.3) is 16.2 Å². The Hall–Kier alpha value is -2.08. The smallest absolute Gasteiger partial charge is 0.273 e. The van der Waals surface area contributed by atoms with Crippen molar-refractivity contribution in [3.63, 3.8) is 0 Å². The Kier molecular flexibility index (Phi) is 1.84. The van der Waals surface area contributed by atoms with Gasteiger partial charge in [-0.3, -0.25) is 9.89 Å². The third kappa shape index (κ3) is 1.31. The number of nitrogens with two attached hydrogens (primary N) is 1. The number of thiophene rings is 1. The minimum Gasteiger partial charge on any atom is -0.384 e. The van der Waals surface area contributed by atoms with Crippen LogP contribution in [0.1, 0.15) is 0 Å². The average molecular weight is 232 g/mol. The van der Waals surface area contributed by atoms with Crippen molar-refractivity contribution < 1.29 is 0 Å². The maximum absolute atomic E-state index is 11.7. The molecule has 80 valence electrons. The summed E-state index contributed by atoms with van der Waals surface area (Å²) in [6.07, 6.45) is 0. The molecular weight excluding hydrogens is 224 g/mol. The second-order valence-corrected chi connectivity index (χ2v) is 4.31. The van der Waals surface area contributed by atoms with E-state index < -0.39 is 0 Å². The van der Waals surface area contributed by atoms with E-state index in [0.717, 1.165) is 4.88 Å². The molecule has 0 spiro atoms. The molecule has 0 aliphatic carbocycles. The summed E-state index contributed by atoms with van der Waals surface area (Å²) in [6, 6.07) is 6.99. The Morgan fingerprint density at radius 3 is 3.06 bits per heavy atom. The van der Waals surface area contributed by atoms with E-state index in [0.29, 0.717) is 17.2 Å². The minimum atomic E-state index is -0.162. The van der Waals surface area contributed by atoms with E-state index in [9.17, 15) is 4.79 Å². The molecule has 3 heterocycles. The number of anilines is 1. The predicted molar refractivity (Wildman–Crippen MR) is 63.5 cm³/mol. The van der Waals surface area contributed by atoms with Crippen LogP contribution >= 0.6 is 11.3 Å².